The number of hydrogen-bond acceptors (Lipinski definition) is 7. The first-order valence-electron chi connectivity index (χ1n) is 10.6. The third-order valence-corrected chi connectivity index (χ3v) is 5.82. The van der Waals surface area contributed by atoms with E-state index in [0.717, 1.165) is 11.0 Å². The number of cyclic esters (lactones) is 1. The van der Waals surface area contributed by atoms with E-state index in [1.165, 1.54) is 17.2 Å². The number of carbonyl (C=O) groups excluding carboxylic acids is 2. The average molecular weight is 481 g/mol. The minimum Gasteiger partial charge on any atom is -0.444 e. The predicted octanol–water partition coefficient (Wildman–Crippen LogP) is 2.02. The monoisotopic (exact) mass is 481 g/mol. The van der Waals surface area contributed by atoms with Crippen LogP contribution in [-0.2, 0) is 16.0 Å². The van der Waals surface area contributed by atoms with E-state index in [4.69, 9.17) is 14.4 Å². The first-order valence-corrected chi connectivity index (χ1v) is 10.6. The molecule has 1 aromatic heterocycles. The first-order chi connectivity index (χ1) is 16.3. The number of anilines is 1. The van der Waals surface area contributed by atoms with E-state index in [1.54, 1.807) is 6.07 Å². The molecular weight excluding hydrogens is 459 g/mol. The number of aliphatic hydroxyl groups is 2. The Hall–Kier alpha value is -3.38. The van der Waals surface area contributed by atoms with Gasteiger partial charge in [0.2, 0.25) is 0 Å². The zero-order valence-corrected chi connectivity index (χ0v) is 17.9. The molecule has 2 aromatic rings. The molecular formula is C22H22F3N3O6. The van der Waals surface area contributed by atoms with Crippen LogP contribution in [0, 0.1) is 17.5 Å². The highest BCUT2D eigenvalue weighted by atomic mass is 19.2. The number of nitrogens with zero attached hydrogens (tertiary/aromatic N) is 3. The minimum atomic E-state index is -1.58. The molecule has 2 aliphatic heterocycles. The maximum Gasteiger partial charge on any atom is 0.414 e. The van der Waals surface area contributed by atoms with E-state index < -0.39 is 59.5 Å². The van der Waals surface area contributed by atoms with Crippen molar-refractivity contribution >= 4 is 23.3 Å². The molecule has 1 aromatic carbocycles. The van der Waals surface area contributed by atoms with Crippen molar-refractivity contribution in [3.8, 4) is 0 Å². The van der Waals surface area contributed by atoms with Crippen LogP contribution in [0.4, 0.5) is 23.7 Å². The lowest BCUT2D eigenvalue weighted by Crippen LogP contribution is -2.42. The number of aromatic nitrogens is 1. The van der Waals surface area contributed by atoms with Gasteiger partial charge in [0.1, 0.15) is 18.2 Å². The molecule has 2 N–H and O–H groups in total. The Balaban J connectivity index is 1.50. The summed E-state index contributed by atoms with van der Waals surface area (Å²) in [5.74, 6) is -4.61. The summed E-state index contributed by atoms with van der Waals surface area (Å²) in [6, 6.07) is 2.41. The van der Waals surface area contributed by atoms with E-state index in [1.807, 2.05) is 0 Å². The van der Waals surface area contributed by atoms with Gasteiger partial charge in [-0.2, -0.15) is 0 Å². The van der Waals surface area contributed by atoms with Gasteiger partial charge in [-0.1, -0.05) is 11.2 Å². The number of ether oxygens (including phenoxy) is 1. The molecule has 3 heterocycles. The number of hydrogen-bond donors (Lipinski definition) is 2. The number of halogens is 3. The van der Waals surface area contributed by atoms with Crippen LogP contribution < -0.4 is 4.90 Å². The van der Waals surface area contributed by atoms with Crippen molar-refractivity contribution in [2.75, 3.05) is 31.1 Å². The second kappa shape index (κ2) is 9.85. The number of benzene rings is 1. The Morgan fingerprint density at radius 2 is 2.09 bits per heavy atom. The van der Waals surface area contributed by atoms with Gasteiger partial charge in [-0.3, -0.25) is 9.69 Å². The summed E-state index contributed by atoms with van der Waals surface area (Å²) >= 11 is 0. The van der Waals surface area contributed by atoms with Crippen molar-refractivity contribution in [3.05, 3.63) is 53.2 Å². The predicted molar refractivity (Wildman–Crippen MR) is 111 cm³/mol. The van der Waals surface area contributed by atoms with E-state index in [0.29, 0.717) is 18.5 Å². The molecule has 182 valence electrons. The molecule has 2 aliphatic rings. The lowest BCUT2D eigenvalue weighted by Gasteiger charge is -2.28. The van der Waals surface area contributed by atoms with Gasteiger partial charge in [0.05, 0.1) is 30.1 Å². The van der Waals surface area contributed by atoms with Crippen molar-refractivity contribution in [2.24, 2.45) is 0 Å². The third kappa shape index (κ3) is 4.64. The first kappa shape index (κ1) is 23.8. The molecule has 0 bridgehead atoms. The summed E-state index contributed by atoms with van der Waals surface area (Å²) in [6.07, 6.45) is 0.461. The highest BCUT2D eigenvalue weighted by molar-refractivity contribution is 5.90. The normalized spacial score (nSPS) is 19.3. The third-order valence-electron chi connectivity index (χ3n) is 5.82. The lowest BCUT2D eigenvalue weighted by atomic mass is 9.97. The van der Waals surface area contributed by atoms with Gasteiger partial charge in [0.15, 0.2) is 17.7 Å². The topological polar surface area (TPSA) is 116 Å². The van der Waals surface area contributed by atoms with Crippen LogP contribution in [0.1, 0.15) is 24.1 Å². The molecule has 1 fully saturated rings. The molecule has 0 unspecified atom stereocenters. The van der Waals surface area contributed by atoms with Crippen LogP contribution in [0.15, 0.2) is 29.0 Å². The number of aryl methyl sites for hydroxylation is 1. The Bertz CT molecular complexity index is 1110. The summed E-state index contributed by atoms with van der Waals surface area (Å²) < 4.78 is 54.8. The molecule has 12 heteroatoms. The Labute approximate surface area is 192 Å². The van der Waals surface area contributed by atoms with Crippen LogP contribution in [0.3, 0.4) is 0 Å². The number of aliphatic hydroxyl groups excluding tert-OH is 2. The smallest absolute Gasteiger partial charge is 0.414 e. The van der Waals surface area contributed by atoms with Gasteiger partial charge in [0.25, 0.3) is 5.91 Å². The van der Waals surface area contributed by atoms with Crippen LogP contribution in [-0.4, -0.2) is 70.7 Å². The fourth-order valence-corrected chi connectivity index (χ4v) is 4.00. The van der Waals surface area contributed by atoms with Gasteiger partial charge in [-0.05, 0) is 24.8 Å². The van der Waals surface area contributed by atoms with Gasteiger partial charge in [-0.25, -0.2) is 18.0 Å². The van der Waals surface area contributed by atoms with E-state index in [9.17, 15) is 27.9 Å². The van der Waals surface area contributed by atoms with Crippen molar-refractivity contribution in [1.29, 1.82) is 0 Å². The summed E-state index contributed by atoms with van der Waals surface area (Å²) in [5, 5.41) is 22.1. The second-order valence-electron chi connectivity index (χ2n) is 7.99. The van der Waals surface area contributed by atoms with Gasteiger partial charge < -0.3 is 24.4 Å². The van der Waals surface area contributed by atoms with Crippen molar-refractivity contribution in [2.45, 2.75) is 31.5 Å². The van der Waals surface area contributed by atoms with E-state index >= 15 is 0 Å². The molecule has 34 heavy (non-hydrogen) atoms. The zero-order valence-electron chi connectivity index (χ0n) is 17.9. The lowest BCUT2D eigenvalue weighted by molar-refractivity contribution is -0.141. The second-order valence-corrected chi connectivity index (χ2v) is 7.99. The highest BCUT2D eigenvalue weighted by Crippen LogP contribution is 2.35. The number of carbonyl (C=O) groups is 2. The zero-order chi connectivity index (χ0) is 24.4. The van der Waals surface area contributed by atoms with Crippen LogP contribution in [0.5, 0.6) is 0 Å². The molecule has 2 atom stereocenters. The molecule has 0 spiro atoms. The molecule has 9 nitrogen and oxygen atoms in total. The molecule has 0 aliphatic carbocycles. The maximum atomic E-state index is 15.0. The van der Waals surface area contributed by atoms with Gasteiger partial charge >= 0.3 is 6.09 Å². The van der Waals surface area contributed by atoms with Crippen LogP contribution in [0.25, 0.3) is 5.57 Å². The van der Waals surface area contributed by atoms with Gasteiger partial charge in [-0.15, -0.1) is 0 Å². The molecule has 4 rings (SSSR count). The summed E-state index contributed by atoms with van der Waals surface area (Å²) in [4.78, 5) is 26.3. The van der Waals surface area contributed by atoms with Crippen molar-refractivity contribution in [3.63, 3.8) is 0 Å². The summed E-state index contributed by atoms with van der Waals surface area (Å²) in [6.45, 7) is -0.880. The molecule has 0 saturated carbocycles. The minimum absolute atomic E-state index is 0.00634. The van der Waals surface area contributed by atoms with Crippen LogP contribution in [0.2, 0.25) is 0 Å². The van der Waals surface area contributed by atoms with Crippen LogP contribution >= 0.6 is 0 Å². The SMILES string of the molecule is O=C([C@@H](O)CO)N1CC=C(c2c(F)cc(N3C[C@H](CCc4ccon4)OC3=O)c(F)c2F)CC1. The summed E-state index contributed by atoms with van der Waals surface area (Å²) in [7, 11) is 0. The molecule has 1 saturated heterocycles. The fourth-order valence-electron chi connectivity index (χ4n) is 4.00. The Kier molecular flexibility index (Phi) is 6.89. The standard InChI is InChI=1S/C22H22F3N3O6/c23-15-9-16(28-10-14(34-22(28)32)2-1-13-5-8-33-26-13)19(24)20(25)18(15)12-3-6-27(7-4-12)21(31)17(30)11-29/h3,5,8-9,14,17,29-30H,1-2,4,6-7,10-11H2/t14-,17-/m0/s1. The van der Waals surface area contributed by atoms with Gasteiger partial charge in [0, 0.05) is 25.2 Å². The molecule has 2 amide bonds. The maximum absolute atomic E-state index is 15.0. The van der Waals surface area contributed by atoms with E-state index in [2.05, 4.69) is 5.16 Å². The Morgan fingerprint density at radius 3 is 2.74 bits per heavy atom. The largest absolute Gasteiger partial charge is 0.444 e. The van der Waals surface area contributed by atoms with Crippen molar-refractivity contribution in [1.82, 2.24) is 10.1 Å². The van der Waals surface area contributed by atoms with Crippen molar-refractivity contribution < 1.29 is 42.2 Å². The highest BCUT2D eigenvalue weighted by Gasteiger charge is 2.36. The summed E-state index contributed by atoms with van der Waals surface area (Å²) in [5.41, 5.74) is -0.343. The fraction of sp³-hybridized carbons (Fsp3) is 0.409. The quantitative estimate of drug-likeness (QED) is 0.582. The van der Waals surface area contributed by atoms with E-state index in [-0.39, 0.29) is 31.6 Å². The Morgan fingerprint density at radius 1 is 1.29 bits per heavy atom. The number of amides is 2. The molecule has 0 radical (unpaired) electrons. The number of rotatable bonds is 7. The average Bonchev–Trinajstić information content (AvgIpc) is 3.49.